The molecule has 0 aliphatic carbocycles. The molecule has 31 heavy (non-hydrogen) atoms. The van der Waals surface area contributed by atoms with E-state index < -0.39 is 0 Å². The maximum atomic E-state index is 12.9. The number of likely N-dealkylation sites (N-methyl/N-ethyl adjacent to an activating group) is 1. The molecule has 1 N–H and O–H groups in total. The molecule has 0 saturated carbocycles. The van der Waals surface area contributed by atoms with Gasteiger partial charge >= 0.3 is 0 Å². The molecular formula is C26H31N3O2. The number of carbonyl (C=O) groups is 1. The molecule has 3 aromatic rings. The van der Waals surface area contributed by atoms with E-state index in [0.717, 1.165) is 22.4 Å². The number of amides is 1. The molecule has 0 bridgehead atoms. The summed E-state index contributed by atoms with van der Waals surface area (Å²) < 4.78 is 6.01. The van der Waals surface area contributed by atoms with Gasteiger partial charge in [-0.25, -0.2) is 0 Å². The predicted octanol–water partition coefficient (Wildman–Crippen LogP) is 4.62. The Hall–Kier alpha value is -3.18. The second-order valence-corrected chi connectivity index (χ2v) is 8.19. The summed E-state index contributed by atoms with van der Waals surface area (Å²) in [6.07, 6.45) is 3.54. The van der Waals surface area contributed by atoms with Crippen LogP contribution < -0.4 is 10.1 Å². The van der Waals surface area contributed by atoms with E-state index in [1.54, 1.807) is 12.4 Å². The Morgan fingerprint density at radius 2 is 1.74 bits per heavy atom. The van der Waals surface area contributed by atoms with Crippen LogP contribution in [0, 0.1) is 20.8 Å². The highest BCUT2D eigenvalue weighted by molar-refractivity contribution is 5.95. The lowest BCUT2D eigenvalue weighted by Gasteiger charge is -2.25. The van der Waals surface area contributed by atoms with Gasteiger partial charge in [0.05, 0.1) is 6.04 Å². The van der Waals surface area contributed by atoms with Gasteiger partial charge in [0.1, 0.15) is 12.4 Å². The van der Waals surface area contributed by atoms with E-state index in [0.29, 0.717) is 18.7 Å². The Labute approximate surface area is 185 Å². The first kappa shape index (κ1) is 22.5. The first-order valence-electron chi connectivity index (χ1n) is 10.5. The van der Waals surface area contributed by atoms with Gasteiger partial charge in [-0.05, 0) is 69.8 Å². The summed E-state index contributed by atoms with van der Waals surface area (Å²) >= 11 is 0. The van der Waals surface area contributed by atoms with Crippen molar-refractivity contribution in [1.82, 2.24) is 15.2 Å². The Morgan fingerprint density at radius 1 is 1.06 bits per heavy atom. The highest BCUT2D eigenvalue weighted by Gasteiger charge is 2.17. The molecule has 0 fully saturated rings. The van der Waals surface area contributed by atoms with Gasteiger partial charge in [-0.3, -0.25) is 9.78 Å². The Bertz CT molecular complexity index is 992. The van der Waals surface area contributed by atoms with Crippen molar-refractivity contribution in [2.24, 2.45) is 0 Å². The number of aryl methyl sites for hydroxylation is 3. The average Bonchev–Trinajstić information content (AvgIpc) is 2.74. The molecule has 5 nitrogen and oxygen atoms in total. The number of hydrogen-bond acceptors (Lipinski definition) is 4. The summed E-state index contributed by atoms with van der Waals surface area (Å²) in [5.41, 5.74) is 5.94. The second kappa shape index (κ2) is 10.2. The number of aromatic nitrogens is 1. The fourth-order valence-electron chi connectivity index (χ4n) is 3.63. The molecule has 162 valence electrons. The van der Waals surface area contributed by atoms with Crippen LogP contribution in [0.4, 0.5) is 0 Å². The molecule has 0 radical (unpaired) electrons. The third kappa shape index (κ3) is 5.92. The van der Waals surface area contributed by atoms with Crippen molar-refractivity contribution >= 4 is 5.91 Å². The van der Waals surface area contributed by atoms with Crippen LogP contribution in [0.2, 0.25) is 0 Å². The number of benzene rings is 2. The molecule has 5 heteroatoms. The summed E-state index contributed by atoms with van der Waals surface area (Å²) in [5.74, 6) is 0.732. The average molecular weight is 418 g/mol. The zero-order chi connectivity index (χ0) is 22.4. The van der Waals surface area contributed by atoms with Crippen molar-refractivity contribution in [1.29, 1.82) is 0 Å². The van der Waals surface area contributed by atoms with E-state index in [1.807, 2.05) is 52.2 Å². The minimum atomic E-state index is -0.0797. The van der Waals surface area contributed by atoms with Crippen LogP contribution in [0.25, 0.3) is 0 Å². The van der Waals surface area contributed by atoms with Crippen molar-refractivity contribution in [2.75, 3.05) is 20.6 Å². The smallest absolute Gasteiger partial charge is 0.251 e. The van der Waals surface area contributed by atoms with Gasteiger partial charge in [0.15, 0.2) is 0 Å². The highest BCUT2D eigenvalue weighted by atomic mass is 16.5. The second-order valence-electron chi connectivity index (χ2n) is 8.19. The fraction of sp³-hybridized carbons (Fsp3) is 0.308. The lowest BCUT2D eigenvalue weighted by atomic mass is 10.0. The van der Waals surface area contributed by atoms with Crippen LogP contribution in [-0.4, -0.2) is 36.4 Å². The standard InChI is InChI=1S/C26H31N3O2/c1-18-8-10-22(11-9-18)24(29(4)5)16-28-26(30)23-13-19(2)25(20(3)14-23)31-17-21-7-6-12-27-15-21/h6-15,24H,16-17H2,1-5H3,(H,28,30). The number of carbonyl (C=O) groups excluding carboxylic acids is 1. The van der Waals surface area contributed by atoms with E-state index in [1.165, 1.54) is 11.1 Å². The SMILES string of the molecule is Cc1ccc(C(CNC(=O)c2cc(C)c(OCc3cccnc3)c(C)c2)N(C)C)cc1. The van der Waals surface area contributed by atoms with Crippen molar-refractivity contribution in [3.8, 4) is 5.75 Å². The van der Waals surface area contributed by atoms with E-state index in [4.69, 9.17) is 4.74 Å². The number of nitrogens with one attached hydrogen (secondary N) is 1. The van der Waals surface area contributed by atoms with Gasteiger partial charge < -0.3 is 15.0 Å². The third-order valence-electron chi connectivity index (χ3n) is 5.37. The molecule has 1 aromatic heterocycles. The summed E-state index contributed by atoms with van der Waals surface area (Å²) in [7, 11) is 4.05. The minimum Gasteiger partial charge on any atom is -0.488 e. The van der Waals surface area contributed by atoms with Gasteiger partial charge in [0.25, 0.3) is 5.91 Å². The molecule has 3 rings (SSSR count). The molecule has 2 aromatic carbocycles. The van der Waals surface area contributed by atoms with E-state index in [-0.39, 0.29) is 11.9 Å². The molecule has 1 amide bonds. The van der Waals surface area contributed by atoms with Crippen molar-refractivity contribution in [2.45, 2.75) is 33.4 Å². The van der Waals surface area contributed by atoms with Gasteiger partial charge in [-0.2, -0.15) is 0 Å². The molecule has 0 aliphatic heterocycles. The molecule has 0 saturated heterocycles. The maximum Gasteiger partial charge on any atom is 0.251 e. The van der Waals surface area contributed by atoms with Crippen molar-refractivity contribution in [3.05, 3.63) is 94.3 Å². The molecule has 0 aliphatic rings. The topological polar surface area (TPSA) is 54.5 Å². The van der Waals surface area contributed by atoms with Gasteiger partial charge in [-0.1, -0.05) is 35.9 Å². The normalized spacial score (nSPS) is 11.9. The Kier molecular flexibility index (Phi) is 7.42. The van der Waals surface area contributed by atoms with Crippen LogP contribution in [-0.2, 0) is 6.61 Å². The molecule has 1 unspecified atom stereocenters. The van der Waals surface area contributed by atoms with Crippen LogP contribution >= 0.6 is 0 Å². The number of ether oxygens (including phenoxy) is 1. The van der Waals surface area contributed by atoms with Crippen LogP contribution in [0.3, 0.4) is 0 Å². The first-order chi connectivity index (χ1) is 14.8. The third-order valence-corrected chi connectivity index (χ3v) is 5.37. The number of hydrogen-bond donors (Lipinski definition) is 1. The summed E-state index contributed by atoms with van der Waals surface area (Å²) in [5, 5.41) is 3.10. The van der Waals surface area contributed by atoms with E-state index in [9.17, 15) is 4.79 Å². The zero-order valence-corrected chi connectivity index (χ0v) is 19.0. The van der Waals surface area contributed by atoms with Gasteiger partial charge in [0, 0.05) is 30.1 Å². The van der Waals surface area contributed by atoms with Crippen LogP contribution in [0.5, 0.6) is 5.75 Å². The zero-order valence-electron chi connectivity index (χ0n) is 19.0. The largest absolute Gasteiger partial charge is 0.488 e. The summed E-state index contributed by atoms with van der Waals surface area (Å²) in [6.45, 7) is 6.99. The summed E-state index contributed by atoms with van der Waals surface area (Å²) in [4.78, 5) is 19.1. The monoisotopic (exact) mass is 417 g/mol. The quantitative estimate of drug-likeness (QED) is 0.581. The maximum absolute atomic E-state index is 12.9. The lowest BCUT2D eigenvalue weighted by Crippen LogP contribution is -2.34. The number of pyridine rings is 1. The predicted molar refractivity (Wildman–Crippen MR) is 124 cm³/mol. The van der Waals surface area contributed by atoms with Crippen LogP contribution in [0.1, 0.15) is 44.2 Å². The molecular weight excluding hydrogens is 386 g/mol. The van der Waals surface area contributed by atoms with Crippen molar-refractivity contribution < 1.29 is 9.53 Å². The Morgan fingerprint density at radius 3 is 2.32 bits per heavy atom. The van der Waals surface area contributed by atoms with E-state index in [2.05, 4.69) is 46.4 Å². The van der Waals surface area contributed by atoms with E-state index >= 15 is 0 Å². The van der Waals surface area contributed by atoms with Gasteiger partial charge in [-0.15, -0.1) is 0 Å². The Balaban J connectivity index is 1.67. The summed E-state index contributed by atoms with van der Waals surface area (Å²) in [6, 6.07) is 16.2. The van der Waals surface area contributed by atoms with Gasteiger partial charge in [0.2, 0.25) is 0 Å². The number of rotatable bonds is 8. The molecule has 1 heterocycles. The van der Waals surface area contributed by atoms with Crippen molar-refractivity contribution in [3.63, 3.8) is 0 Å². The minimum absolute atomic E-state index is 0.0797. The molecule has 0 spiro atoms. The number of nitrogens with zero attached hydrogens (tertiary/aromatic N) is 2. The molecule has 1 atom stereocenters. The highest BCUT2D eigenvalue weighted by Crippen LogP contribution is 2.26. The fourth-order valence-corrected chi connectivity index (χ4v) is 3.63. The first-order valence-corrected chi connectivity index (χ1v) is 10.5. The lowest BCUT2D eigenvalue weighted by molar-refractivity contribution is 0.0941. The van der Waals surface area contributed by atoms with Crippen LogP contribution in [0.15, 0.2) is 60.9 Å².